The van der Waals surface area contributed by atoms with Gasteiger partial charge in [-0.1, -0.05) is 18.2 Å². The van der Waals surface area contributed by atoms with E-state index >= 15 is 0 Å². The van der Waals surface area contributed by atoms with Gasteiger partial charge in [-0.2, -0.15) is 0 Å². The SMILES string of the molecule is CN=C(NCc1cccc(C(=O)NC)c1)NCc1nnc2ccccn12.I. The van der Waals surface area contributed by atoms with Gasteiger partial charge in [0.25, 0.3) is 5.91 Å². The number of carbonyl (C=O) groups is 1. The van der Waals surface area contributed by atoms with Gasteiger partial charge in [0.2, 0.25) is 0 Å². The normalized spacial score (nSPS) is 11.0. The quantitative estimate of drug-likeness (QED) is 0.294. The molecule has 2 heterocycles. The Bertz CT molecular complexity index is 938. The number of aliphatic imine (C=N–C) groups is 1. The van der Waals surface area contributed by atoms with Crippen LogP contribution < -0.4 is 16.0 Å². The molecule has 0 saturated carbocycles. The Morgan fingerprint density at radius 3 is 2.70 bits per heavy atom. The fourth-order valence-corrected chi connectivity index (χ4v) is 2.55. The lowest BCUT2D eigenvalue weighted by atomic mass is 10.1. The van der Waals surface area contributed by atoms with Crippen molar-refractivity contribution in [3.63, 3.8) is 0 Å². The molecule has 0 aliphatic rings. The number of aromatic nitrogens is 3. The first kappa shape index (κ1) is 20.6. The molecular formula is C18H22IN7O. The number of guanidine groups is 1. The van der Waals surface area contributed by atoms with Crippen molar-refractivity contribution in [2.45, 2.75) is 13.1 Å². The topological polar surface area (TPSA) is 95.7 Å². The van der Waals surface area contributed by atoms with Crippen molar-refractivity contribution in [1.29, 1.82) is 0 Å². The number of halogens is 1. The Labute approximate surface area is 174 Å². The van der Waals surface area contributed by atoms with E-state index in [9.17, 15) is 4.79 Å². The first-order valence-corrected chi connectivity index (χ1v) is 8.25. The van der Waals surface area contributed by atoms with Crippen molar-refractivity contribution >= 4 is 41.5 Å². The number of nitrogens with zero attached hydrogens (tertiary/aromatic N) is 4. The molecule has 1 aromatic carbocycles. The van der Waals surface area contributed by atoms with Gasteiger partial charge < -0.3 is 16.0 Å². The Morgan fingerprint density at radius 2 is 1.93 bits per heavy atom. The van der Waals surface area contributed by atoms with Crippen LogP contribution in [0.25, 0.3) is 5.65 Å². The Morgan fingerprint density at radius 1 is 1.11 bits per heavy atom. The molecule has 2 aromatic heterocycles. The Balaban J connectivity index is 0.00000261. The molecule has 0 bridgehead atoms. The summed E-state index contributed by atoms with van der Waals surface area (Å²) in [5.41, 5.74) is 2.42. The molecule has 1 amide bonds. The van der Waals surface area contributed by atoms with Gasteiger partial charge in [0.1, 0.15) is 0 Å². The molecule has 0 unspecified atom stereocenters. The number of nitrogens with one attached hydrogen (secondary N) is 3. The van der Waals surface area contributed by atoms with Crippen LogP contribution in [0.15, 0.2) is 53.7 Å². The summed E-state index contributed by atoms with van der Waals surface area (Å²) in [6.07, 6.45) is 1.92. The zero-order valence-electron chi connectivity index (χ0n) is 15.1. The highest BCUT2D eigenvalue weighted by Crippen LogP contribution is 2.05. The van der Waals surface area contributed by atoms with Crippen LogP contribution in [0.1, 0.15) is 21.7 Å². The number of fused-ring (bicyclic) bond motifs is 1. The molecule has 0 spiro atoms. The molecule has 0 saturated heterocycles. The van der Waals surface area contributed by atoms with Crippen molar-refractivity contribution in [2.24, 2.45) is 4.99 Å². The molecule has 3 aromatic rings. The van der Waals surface area contributed by atoms with Gasteiger partial charge in [-0.25, -0.2) is 0 Å². The van der Waals surface area contributed by atoms with E-state index in [1.165, 1.54) is 0 Å². The highest BCUT2D eigenvalue weighted by Gasteiger charge is 2.07. The van der Waals surface area contributed by atoms with E-state index in [1.54, 1.807) is 20.2 Å². The van der Waals surface area contributed by atoms with E-state index in [1.807, 2.05) is 47.0 Å². The van der Waals surface area contributed by atoms with E-state index in [-0.39, 0.29) is 29.9 Å². The average molecular weight is 479 g/mol. The predicted octanol–water partition coefficient (Wildman–Crippen LogP) is 1.57. The minimum Gasteiger partial charge on any atom is -0.355 e. The number of benzene rings is 1. The molecule has 0 aliphatic carbocycles. The molecule has 142 valence electrons. The van der Waals surface area contributed by atoms with Crippen LogP contribution >= 0.6 is 24.0 Å². The maximum atomic E-state index is 11.7. The average Bonchev–Trinajstić information content (AvgIpc) is 3.11. The van der Waals surface area contributed by atoms with Crippen LogP contribution in [-0.4, -0.2) is 40.6 Å². The Hall–Kier alpha value is -2.69. The number of pyridine rings is 1. The zero-order chi connectivity index (χ0) is 18.4. The lowest BCUT2D eigenvalue weighted by Gasteiger charge is -2.12. The van der Waals surface area contributed by atoms with Gasteiger partial charge in [-0.05, 0) is 29.8 Å². The molecule has 0 fully saturated rings. The third kappa shape index (κ3) is 5.16. The zero-order valence-corrected chi connectivity index (χ0v) is 17.5. The van der Waals surface area contributed by atoms with Crippen molar-refractivity contribution in [2.75, 3.05) is 14.1 Å². The van der Waals surface area contributed by atoms with Gasteiger partial charge in [0.15, 0.2) is 17.4 Å². The summed E-state index contributed by atoms with van der Waals surface area (Å²) in [4.78, 5) is 15.9. The summed E-state index contributed by atoms with van der Waals surface area (Å²) >= 11 is 0. The third-order valence-electron chi connectivity index (χ3n) is 3.90. The molecule has 3 N–H and O–H groups in total. The number of amides is 1. The van der Waals surface area contributed by atoms with Gasteiger partial charge >= 0.3 is 0 Å². The van der Waals surface area contributed by atoms with E-state index in [0.29, 0.717) is 24.6 Å². The molecule has 27 heavy (non-hydrogen) atoms. The maximum absolute atomic E-state index is 11.7. The highest BCUT2D eigenvalue weighted by atomic mass is 127. The fourth-order valence-electron chi connectivity index (χ4n) is 2.55. The number of carbonyl (C=O) groups excluding carboxylic acids is 1. The minimum absolute atomic E-state index is 0. The lowest BCUT2D eigenvalue weighted by Crippen LogP contribution is -2.36. The summed E-state index contributed by atoms with van der Waals surface area (Å²) in [5, 5.41) is 17.4. The molecule has 3 rings (SSSR count). The van der Waals surface area contributed by atoms with Crippen LogP contribution in [-0.2, 0) is 13.1 Å². The van der Waals surface area contributed by atoms with Gasteiger partial charge in [-0.3, -0.25) is 14.2 Å². The van der Waals surface area contributed by atoms with Gasteiger partial charge in [-0.15, -0.1) is 34.2 Å². The number of hydrogen-bond acceptors (Lipinski definition) is 4. The third-order valence-corrected chi connectivity index (χ3v) is 3.90. The summed E-state index contributed by atoms with van der Waals surface area (Å²) in [5.74, 6) is 1.33. The fraction of sp³-hybridized carbons (Fsp3) is 0.222. The van der Waals surface area contributed by atoms with Gasteiger partial charge in [0, 0.05) is 32.4 Å². The second-order valence-electron chi connectivity index (χ2n) is 5.60. The molecule has 0 aliphatic heterocycles. The number of hydrogen-bond donors (Lipinski definition) is 3. The first-order valence-electron chi connectivity index (χ1n) is 8.25. The summed E-state index contributed by atoms with van der Waals surface area (Å²) < 4.78 is 1.92. The van der Waals surface area contributed by atoms with E-state index in [0.717, 1.165) is 17.0 Å². The van der Waals surface area contributed by atoms with Gasteiger partial charge in [0.05, 0.1) is 6.54 Å². The molecular weight excluding hydrogens is 457 g/mol. The predicted molar refractivity (Wildman–Crippen MR) is 115 cm³/mol. The molecule has 9 heteroatoms. The standard InChI is InChI=1S/C18H21N7O.HI/c1-19-17(26)14-7-5-6-13(10-14)11-21-18(20-2)22-12-16-24-23-15-8-3-4-9-25(15)16;/h3-10H,11-12H2,1-2H3,(H,19,26)(H2,20,21,22);1H. The van der Waals surface area contributed by atoms with Crippen LogP contribution in [0.4, 0.5) is 0 Å². The van der Waals surface area contributed by atoms with E-state index < -0.39 is 0 Å². The van der Waals surface area contributed by atoms with Crippen molar-refractivity contribution in [3.8, 4) is 0 Å². The largest absolute Gasteiger partial charge is 0.355 e. The lowest BCUT2D eigenvalue weighted by molar-refractivity contribution is 0.0963. The van der Waals surface area contributed by atoms with Crippen LogP contribution in [0.5, 0.6) is 0 Å². The van der Waals surface area contributed by atoms with E-state index in [4.69, 9.17) is 0 Å². The monoisotopic (exact) mass is 479 g/mol. The second-order valence-corrected chi connectivity index (χ2v) is 5.60. The van der Waals surface area contributed by atoms with Crippen molar-refractivity contribution in [3.05, 3.63) is 65.6 Å². The minimum atomic E-state index is -0.104. The smallest absolute Gasteiger partial charge is 0.251 e. The van der Waals surface area contributed by atoms with Crippen LogP contribution in [0.3, 0.4) is 0 Å². The molecule has 8 nitrogen and oxygen atoms in total. The van der Waals surface area contributed by atoms with E-state index in [2.05, 4.69) is 31.1 Å². The summed E-state index contributed by atoms with van der Waals surface area (Å²) in [6, 6.07) is 13.2. The number of rotatable bonds is 5. The summed E-state index contributed by atoms with van der Waals surface area (Å²) in [7, 11) is 3.32. The first-order chi connectivity index (χ1) is 12.7. The van der Waals surface area contributed by atoms with Crippen LogP contribution in [0.2, 0.25) is 0 Å². The van der Waals surface area contributed by atoms with Crippen molar-refractivity contribution < 1.29 is 4.79 Å². The van der Waals surface area contributed by atoms with Crippen molar-refractivity contribution in [1.82, 2.24) is 30.5 Å². The maximum Gasteiger partial charge on any atom is 0.251 e. The van der Waals surface area contributed by atoms with Crippen LogP contribution in [0, 0.1) is 0 Å². The second kappa shape index (κ2) is 9.86. The highest BCUT2D eigenvalue weighted by molar-refractivity contribution is 14.0. The Kier molecular flexibility index (Phi) is 7.53. The molecule has 0 radical (unpaired) electrons. The molecule has 0 atom stereocenters. The summed E-state index contributed by atoms with van der Waals surface area (Å²) in [6.45, 7) is 1.04.